The van der Waals surface area contributed by atoms with E-state index >= 15 is 0 Å². The lowest BCUT2D eigenvalue weighted by Gasteiger charge is -2.03. The number of aryl methyl sites for hydroxylation is 1. The number of carbonyl (C=O) groups is 1. The minimum Gasteiger partial charge on any atom is -0.464 e. The molecule has 0 radical (unpaired) electrons. The van der Waals surface area contributed by atoms with Crippen molar-refractivity contribution in [3.8, 4) is 22.6 Å². The Hall–Kier alpha value is -3.19. The Morgan fingerprint density at radius 3 is 2.78 bits per heavy atom. The Labute approximate surface area is 159 Å². The van der Waals surface area contributed by atoms with E-state index in [2.05, 4.69) is 10.4 Å². The van der Waals surface area contributed by atoms with Crippen LogP contribution in [0.2, 0.25) is 0 Å². The predicted molar refractivity (Wildman–Crippen MR) is 102 cm³/mol. The van der Waals surface area contributed by atoms with Crippen molar-refractivity contribution >= 4 is 17.2 Å². The van der Waals surface area contributed by atoms with Gasteiger partial charge in [0.2, 0.25) is 0 Å². The highest BCUT2D eigenvalue weighted by Gasteiger charge is 2.15. The molecule has 4 aromatic rings. The molecule has 0 saturated heterocycles. The SMILES string of the molecule is Cn1nc(-c2ccc(F)cc2)cc1C(=O)NCc1cc(-c2ccco2)cs1. The van der Waals surface area contributed by atoms with Crippen molar-refractivity contribution in [1.82, 2.24) is 15.1 Å². The van der Waals surface area contributed by atoms with Crippen LogP contribution in [-0.4, -0.2) is 15.7 Å². The Balaban J connectivity index is 1.45. The summed E-state index contributed by atoms with van der Waals surface area (Å²) >= 11 is 1.56. The van der Waals surface area contributed by atoms with Crippen molar-refractivity contribution in [2.24, 2.45) is 7.05 Å². The van der Waals surface area contributed by atoms with Crippen LogP contribution in [0, 0.1) is 5.82 Å². The molecule has 0 unspecified atom stereocenters. The van der Waals surface area contributed by atoms with Gasteiger partial charge in [0.1, 0.15) is 17.3 Å². The second-order valence-corrected chi connectivity index (χ2v) is 7.00. The Morgan fingerprint density at radius 2 is 2.04 bits per heavy atom. The quantitative estimate of drug-likeness (QED) is 0.555. The van der Waals surface area contributed by atoms with Crippen molar-refractivity contribution in [3.05, 3.63) is 76.6 Å². The van der Waals surface area contributed by atoms with Gasteiger partial charge in [-0.1, -0.05) is 0 Å². The van der Waals surface area contributed by atoms with Crippen molar-refractivity contribution < 1.29 is 13.6 Å². The number of nitrogens with zero attached hydrogens (tertiary/aromatic N) is 2. The van der Waals surface area contributed by atoms with E-state index in [1.54, 1.807) is 42.8 Å². The first-order valence-corrected chi connectivity index (χ1v) is 9.17. The fourth-order valence-corrected chi connectivity index (χ4v) is 3.56. The summed E-state index contributed by atoms with van der Waals surface area (Å²) in [7, 11) is 1.71. The summed E-state index contributed by atoms with van der Waals surface area (Å²) in [5.74, 6) is 0.281. The highest BCUT2D eigenvalue weighted by Crippen LogP contribution is 2.26. The molecule has 0 fully saturated rings. The van der Waals surface area contributed by atoms with Gasteiger partial charge < -0.3 is 9.73 Å². The molecule has 0 aliphatic carbocycles. The number of rotatable bonds is 5. The van der Waals surface area contributed by atoms with Gasteiger partial charge in [-0.05, 0) is 48.5 Å². The van der Waals surface area contributed by atoms with Gasteiger partial charge in [-0.25, -0.2) is 4.39 Å². The lowest BCUT2D eigenvalue weighted by atomic mass is 10.1. The fraction of sp³-hybridized carbons (Fsp3) is 0.100. The second-order valence-electron chi connectivity index (χ2n) is 6.01. The van der Waals surface area contributed by atoms with Crippen LogP contribution in [0.5, 0.6) is 0 Å². The normalized spacial score (nSPS) is 10.9. The molecule has 0 spiro atoms. The number of nitrogens with one attached hydrogen (secondary N) is 1. The molecule has 136 valence electrons. The third-order valence-corrected chi connectivity index (χ3v) is 5.07. The molecule has 27 heavy (non-hydrogen) atoms. The molecule has 4 rings (SSSR count). The number of amides is 1. The van der Waals surface area contributed by atoms with Crippen molar-refractivity contribution in [2.75, 3.05) is 0 Å². The molecule has 5 nitrogen and oxygen atoms in total. The third-order valence-electron chi connectivity index (χ3n) is 4.14. The largest absolute Gasteiger partial charge is 0.464 e. The molecule has 0 atom stereocenters. The Kier molecular flexibility index (Phi) is 4.60. The number of benzene rings is 1. The van der Waals surface area contributed by atoms with E-state index in [0.29, 0.717) is 17.9 Å². The summed E-state index contributed by atoms with van der Waals surface area (Å²) < 4.78 is 20.0. The fourth-order valence-electron chi connectivity index (χ4n) is 2.74. The van der Waals surface area contributed by atoms with Crippen LogP contribution in [0.25, 0.3) is 22.6 Å². The number of hydrogen-bond donors (Lipinski definition) is 1. The van der Waals surface area contributed by atoms with Crippen LogP contribution in [0.3, 0.4) is 0 Å². The summed E-state index contributed by atoms with van der Waals surface area (Å²) in [6.45, 7) is 0.418. The zero-order valence-corrected chi connectivity index (χ0v) is 15.3. The number of halogens is 1. The molecule has 1 aromatic carbocycles. The van der Waals surface area contributed by atoms with Gasteiger partial charge in [0.05, 0.1) is 18.5 Å². The maximum absolute atomic E-state index is 13.1. The van der Waals surface area contributed by atoms with Gasteiger partial charge >= 0.3 is 0 Å². The average Bonchev–Trinajstić information content (AvgIpc) is 3.40. The molecule has 0 bridgehead atoms. The highest BCUT2D eigenvalue weighted by molar-refractivity contribution is 7.10. The van der Waals surface area contributed by atoms with E-state index < -0.39 is 0 Å². The van der Waals surface area contributed by atoms with Gasteiger partial charge in [-0.3, -0.25) is 9.48 Å². The minimum absolute atomic E-state index is 0.216. The monoisotopic (exact) mass is 381 g/mol. The summed E-state index contributed by atoms with van der Waals surface area (Å²) in [4.78, 5) is 13.6. The first kappa shape index (κ1) is 17.2. The molecule has 3 aromatic heterocycles. The Morgan fingerprint density at radius 1 is 1.22 bits per heavy atom. The molecule has 1 N–H and O–H groups in total. The standard InChI is InChI=1S/C20H16FN3O2S/c1-24-18(10-17(23-24)13-4-6-15(21)7-5-13)20(25)22-11-16-9-14(12-27-16)19-3-2-8-26-19/h2-10,12H,11H2,1H3,(H,22,25). The van der Waals surface area contributed by atoms with E-state index in [-0.39, 0.29) is 11.7 Å². The van der Waals surface area contributed by atoms with E-state index in [1.165, 1.54) is 16.8 Å². The molecule has 0 aliphatic heterocycles. The highest BCUT2D eigenvalue weighted by atomic mass is 32.1. The first-order chi connectivity index (χ1) is 13.1. The minimum atomic E-state index is -0.308. The number of aromatic nitrogens is 2. The molecular formula is C20H16FN3O2S. The van der Waals surface area contributed by atoms with E-state index in [4.69, 9.17) is 4.42 Å². The van der Waals surface area contributed by atoms with Gasteiger partial charge in [-0.2, -0.15) is 5.10 Å². The molecule has 7 heteroatoms. The topological polar surface area (TPSA) is 60.1 Å². The summed E-state index contributed by atoms with van der Waals surface area (Å²) in [5, 5.41) is 9.25. The van der Waals surface area contributed by atoms with Crippen LogP contribution in [0.1, 0.15) is 15.4 Å². The second kappa shape index (κ2) is 7.20. The van der Waals surface area contributed by atoms with E-state index in [0.717, 1.165) is 21.8 Å². The van der Waals surface area contributed by atoms with Gasteiger partial charge in [0.15, 0.2) is 0 Å². The van der Waals surface area contributed by atoms with Crippen LogP contribution in [0.4, 0.5) is 4.39 Å². The molecule has 1 amide bonds. The van der Waals surface area contributed by atoms with E-state index in [1.807, 2.05) is 23.6 Å². The summed E-state index contributed by atoms with van der Waals surface area (Å²) in [5.41, 5.74) is 2.82. The summed E-state index contributed by atoms with van der Waals surface area (Å²) in [6.07, 6.45) is 1.63. The maximum Gasteiger partial charge on any atom is 0.269 e. The van der Waals surface area contributed by atoms with Crippen molar-refractivity contribution in [1.29, 1.82) is 0 Å². The zero-order chi connectivity index (χ0) is 18.8. The summed E-state index contributed by atoms with van der Waals surface area (Å²) in [6, 6.07) is 13.5. The number of thiophene rings is 1. The molecular weight excluding hydrogens is 365 g/mol. The van der Waals surface area contributed by atoms with Crippen molar-refractivity contribution in [2.45, 2.75) is 6.54 Å². The van der Waals surface area contributed by atoms with Crippen LogP contribution in [0.15, 0.2) is 64.6 Å². The zero-order valence-electron chi connectivity index (χ0n) is 14.5. The smallest absolute Gasteiger partial charge is 0.269 e. The average molecular weight is 381 g/mol. The van der Waals surface area contributed by atoms with Crippen molar-refractivity contribution in [3.63, 3.8) is 0 Å². The maximum atomic E-state index is 13.1. The number of hydrogen-bond acceptors (Lipinski definition) is 4. The van der Waals surface area contributed by atoms with Gasteiger partial charge in [0.25, 0.3) is 5.91 Å². The van der Waals surface area contributed by atoms with Gasteiger partial charge in [-0.15, -0.1) is 11.3 Å². The Bertz CT molecular complexity index is 1070. The lowest BCUT2D eigenvalue weighted by molar-refractivity contribution is 0.0942. The van der Waals surface area contributed by atoms with E-state index in [9.17, 15) is 9.18 Å². The number of carbonyl (C=O) groups excluding carboxylic acids is 1. The molecule has 3 heterocycles. The third kappa shape index (κ3) is 3.68. The first-order valence-electron chi connectivity index (χ1n) is 8.29. The van der Waals surface area contributed by atoms with Crippen LogP contribution < -0.4 is 5.32 Å². The predicted octanol–water partition coefficient (Wildman–Crippen LogP) is 4.48. The van der Waals surface area contributed by atoms with Gasteiger partial charge in [0, 0.05) is 28.4 Å². The lowest BCUT2D eigenvalue weighted by Crippen LogP contribution is -2.24. The molecule has 0 saturated carbocycles. The molecule has 0 aliphatic rings. The number of furan rings is 1. The van der Waals surface area contributed by atoms with Crippen LogP contribution in [-0.2, 0) is 13.6 Å². The van der Waals surface area contributed by atoms with Crippen LogP contribution >= 0.6 is 11.3 Å².